The van der Waals surface area contributed by atoms with Gasteiger partial charge in [-0.05, 0) is 12.5 Å². The summed E-state index contributed by atoms with van der Waals surface area (Å²) in [5.74, 6) is -1.61. The Balaban J connectivity index is 2.66. The lowest BCUT2D eigenvalue weighted by molar-refractivity contribution is -0.147. The van der Waals surface area contributed by atoms with Crippen molar-refractivity contribution in [3.63, 3.8) is 0 Å². The summed E-state index contributed by atoms with van der Waals surface area (Å²) in [5, 5.41) is 11.9. The Kier molecular flexibility index (Phi) is 5.32. The van der Waals surface area contributed by atoms with Crippen LogP contribution in [0.5, 0.6) is 0 Å². The van der Waals surface area contributed by atoms with Crippen LogP contribution in [-0.4, -0.2) is 30.2 Å². The van der Waals surface area contributed by atoms with Gasteiger partial charge in [0.1, 0.15) is 6.04 Å². The number of carbonyl (C=O) groups excluding carboxylic acids is 1. The Morgan fingerprint density at radius 3 is 2.44 bits per heavy atom. The van der Waals surface area contributed by atoms with E-state index in [0.29, 0.717) is 0 Å². The molecule has 0 fully saturated rings. The highest BCUT2D eigenvalue weighted by Crippen LogP contribution is 2.13. The minimum atomic E-state index is -1.07. The molecule has 2 atom stereocenters. The van der Waals surface area contributed by atoms with E-state index in [1.165, 1.54) is 7.11 Å². The molecule has 18 heavy (non-hydrogen) atoms. The third-order valence-electron chi connectivity index (χ3n) is 2.65. The summed E-state index contributed by atoms with van der Waals surface area (Å²) in [7, 11) is 1.24. The summed E-state index contributed by atoms with van der Waals surface area (Å²) in [4.78, 5) is 22.2. The van der Waals surface area contributed by atoms with Crippen LogP contribution in [-0.2, 0) is 14.3 Å². The molecule has 0 aliphatic rings. The zero-order chi connectivity index (χ0) is 13.5. The summed E-state index contributed by atoms with van der Waals surface area (Å²) in [5.41, 5.74) is 0.966. The average Bonchev–Trinajstić information content (AvgIpc) is 2.38. The maximum absolute atomic E-state index is 11.1. The largest absolute Gasteiger partial charge is 0.480 e. The summed E-state index contributed by atoms with van der Waals surface area (Å²) < 4.78 is 4.48. The van der Waals surface area contributed by atoms with Crippen molar-refractivity contribution < 1.29 is 19.4 Å². The lowest BCUT2D eigenvalue weighted by atomic mass is 10.1. The van der Waals surface area contributed by atoms with Crippen LogP contribution >= 0.6 is 0 Å². The van der Waals surface area contributed by atoms with Crippen LogP contribution in [0.1, 0.15) is 24.9 Å². The molecular formula is C13H17NO4. The Morgan fingerprint density at radius 1 is 1.33 bits per heavy atom. The fourth-order valence-corrected chi connectivity index (χ4v) is 1.61. The highest BCUT2D eigenvalue weighted by molar-refractivity contribution is 5.81. The molecule has 0 bridgehead atoms. The predicted octanol–water partition coefficient (Wildman–Crippen LogP) is 1.35. The topological polar surface area (TPSA) is 75.6 Å². The number of nitrogens with one attached hydrogen (secondary N) is 1. The molecule has 0 aliphatic carbocycles. The number of hydrogen-bond donors (Lipinski definition) is 2. The fraction of sp³-hybridized carbons (Fsp3) is 0.385. The van der Waals surface area contributed by atoms with Crippen LogP contribution in [0.3, 0.4) is 0 Å². The molecule has 5 heteroatoms. The molecule has 98 valence electrons. The van der Waals surface area contributed by atoms with Crippen LogP contribution in [0.15, 0.2) is 30.3 Å². The number of aliphatic carboxylic acids is 1. The molecule has 0 aliphatic heterocycles. The second kappa shape index (κ2) is 6.76. The van der Waals surface area contributed by atoms with E-state index in [1.54, 1.807) is 0 Å². The van der Waals surface area contributed by atoms with Gasteiger partial charge in [0.15, 0.2) is 0 Å². The van der Waals surface area contributed by atoms with Crippen molar-refractivity contribution in [2.45, 2.75) is 25.4 Å². The first-order chi connectivity index (χ1) is 8.54. The molecular weight excluding hydrogens is 234 g/mol. The van der Waals surface area contributed by atoms with Crippen molar-refractivity contribution in [1.82, 2.24) is 5.32 Å². The van der Waals surface area contributed by atoms with Crippen LogP contribution in [0.25, 0.3) is 0 Å². The molecule has 5 nitrogen and oxygen atoms in total. The highest BCUT2D eigenvalue weighted by Gasteiger charge is 2.23. The number of carboxylic acids is 1. The number of carbonyl (C=O) groups is 2. The Hall–Kier alpha value is -1.88. The first-order valence-electron chi connectivity index (χ1n) is 5.65. The number of rotatable bonds is 6. The summed E-state index contributed by atoms with van der Waals surface area (Å²) >= 11 is 0. The molecule has 0 aromatic heterocycles. The summed E-state index contributed by atoms with van der Waals surface area (Å²) in [6.45, 7) is 1.85. The molecule has 0 unspecified atom stereocenters. The molecule has 0 saturated carbocycles. The van der Waals surface area contributed by atoms with Crippen molar-refractivity contribution in [3.8, 4) is 0 Å². The van der Waals surface area contributed by atoms with Gasteiger partial charge < -0.3 is 9.84 Å². The van der Waals surface area contributed by atoms with Gasteiger partial charge in [0.2, 0.25) is 0 Å². The lowest BCUT2D eigenvalue weighted by Crippen LogP contribution is -2.40. The maximum Gasteiger partial charge on any atom is 0.321 e. The molecule has 2 N–H and O–H groups in total. The smallest absolute Gasteiger partial charge is 0.321 e. The predicted molar refractivity (Wildman–Crippen MR) is 66.0 cm³/mol. The number of methoxy groups -OCH3 is 1. The number of esters is 1. The quantitative estimate of drug-likeness (QED) is 0.746. The number of ether oxygens (including phenoxy) is 1. The molecule has 0 radical (unpaired) electrons. The second-order valence-electron chi connectivity index (χ2n) is 3.97. The van der Waals surface area contributed by atoms with Crippen molar-refractivity contribution in [1.29, 1.82) is 0 Å². The molecule has 0 amide bonds. The second-order valence-corrected chi connectivity index (χ2v) is 3.97. The van der Waals surface area contributed by atoms with E-state index in [0.717, 1.165) is 5.56 Å². The number of benzene rings is 1. The van der Waals surface area contributed by atoms with Gasteiger partial charge in [0, 0.05) is 6.04 Å². The first kappa shape index (κ1) is 14.2. The van der Waals surface area contributed by atoms with Crippen LogP contribution in [0.2, 0.25) is 0 Å². The van der Waals surface area contributed by atoms with Gasteiger partial charge in [0.05, 0.1) is 13.5 Å². The van der Waals surface area contributed by atoms with Gasteiger partial charge in [-0.15, -0.1) is 0 Å². The molecule has 0 heterocycles. The highest BCUT2D eigenvalue weighted by atomic mass is 16.5. The third-order valence-corrected chi connectivity index (χ3v) is 2.65. The van der Waals surface area contributed by atoms with Crippen molar-refractivity contribution in [3.05, 3.63) is 35.9 Å². The third kappa shape index (κ3) is 4.18. The standard InChI is InChI=1S/C13H17NO4/c1-9(10-6-4-3-5-7-10)14-11(13(16)17)8-12(15)18-2/h3-7,9,11,14H,8H2,1-2H3,(H,16,17)/t9-,11+/m1/s1. The van der Waals surface area contributed by atoms with Gasteiger partial charge >= 0.3 is 11.9 Å². The zero-order valence-electron chi connectivity index (χ0n) is 10.4. The van der Waals surface area contributed by atoms with E-state index in [9.17, 15) is 9.59 Å². The molecule has 0 spiro atoms. The molecule has 1 aromatic carbocycles. The van der Waals surface area contributed by atoms with Crippen LogP contribution in [0, 0.1) is 0 Å². The van der Waals surface area contributed by atoms with Crippen molar-refractivity contribution >= 4 is 11.9 Å². The van der Waals surface area contributed by atoms with E-state index in [1.807, 2.05) is 37.3 Å². The van der Waals surface area contributed by atoms with E-state index < -0.39 is 18.0 Å². The van der Waals surface area contributed by atoms with Gasteiger partial charge in [-0.2, -0.15) is 0 Å². The SMILES string of the molecule is COC(=O)C[C@H](N[C@H](C)c1ccccc1)C(=O)O. The Labute approximate surface area is 106 Å². The number of carboxylic acid groups (broad SMARTS) is 1. The maximum atomic E-state index is 11.1. The summed E-state index contributed by atoms with van der Waals surface area (Å²) in [6.07, 6.45) is -0.191. The zero-order valence-corrected chi connectivity index (χ0v) is 10.4. The van der Waals surface area contributed by atoms with Gasteiger partial charge in [0.25, 0.3) is 0 Å². The number of hydrogen-bond acceptors (Lipinski definition) is 4. The average molecular weight is 251 g/mol. The minimum absolute atomic E-state index is 0.156. The fourth-order valence-electron chi connectivity index (χ4n) is 1.61. The van der Waals surface area contributed by atoms with Crippen molar-refractivity contribution in [2.75, 3.05) is 7.11 Å². The molecule has 1 rings (SSSR count). The van der Waals surface area contributed by atoms with Crippen molar-refractivity contribution in [2.24, 2.45) is 0 Å². The Bertz CT molecular complexity index is 405. The first-order valence-corrected chi connectivity index (χ1v) is 5.65. The van der Waals surface area contributed by atoms with Gasteiger partial charge in [-0.1, -0.05) is 30.3 Å². The summed E-state index contributed by atoms with van der Waals surface area (Å²) in [6, 6.07) is 8.33. The van der Waals surface area contributed by atoms with E-state index >= 15 is 0 Å². The van der Waals surface area contributed by atoms with E-state index in [2.05, 4.69) is 10.1 Å². The van der Waals surface area contributed by atoms with Crippen LogP contribution in [0.4, 0.5) is 0 Å². The van der Waals surface area contributed by atoms with E-state index in [4.69, 9.17) is 5.11 Å². The normalized spacial score (nSPS) is 13.7. The monoisotopic (exact) mass is 251 g/mol. The van der Waals surface area contributed by atoms with Crippen LogP contribution < -0.4 is 5.32 Å². The lowest BCUT2D eigenvalue weighted by Gasteiger charge is -2.19. The molecule has 1 aromatic rings. The van der Waals surface area contributed by atoms with Gasteiger partial charge in [-0.3, -0.25) is 14.9 Å². The molecule has 0 saturated heterocycles. The van der Waals surface area contributed by atoms with E-state index in [-0.39, 0.29) is 12.5 Å². The Morgan fingerprint density at radius 2 is 1.94 bits per heavy atom. The van der Waals surface area contributed by atoms with Gasteiger partial charge in [-0.25, -0.2) is 0 Å². The minimum Gasteiger partial charge on any atom is -0.480 e.